The van der Waals surface area contributed by atoms with Crippen molar-refractivity contribution in [1.29, 1.82) is 0 Å². The summed E-state index contributed by atoms with van der Waals surface area (Å²) in [6, 6.07) is 34.6. The number of nitrogens with zero attached hydrogens (tertiary/aromatic N) is 1. The topological polar surface area (TPSA) is 156 Å². The Balaban J connectivity index is 1.17. The number of urea groups is 1. The number of aromatic nitrogens is 1. The number of pyridine rings is 1. The molecule has 5 aromatic rings. The minimum absolute atomic E-state index is 0.0653. The SMILES string of the molecule is COC(=O)C(Cc1ccccc1)NC(=O)NCc1cccc(-c2cccc(C3OC(CSc4ncccc4C(=O)O)C(C)C(c4ccc(CO)cc4)O3)c2)c1. The molecule has 1 fully saturated rings. The first-order valence-corrected chi connectivity index (χ1v) is 18.9. The lowest BCUT2D eigenvalue weighted by molar-refractivity contribution is -0.268. The number of aromatic carboxylic acids is 1. The van der Waals surface area contributed by atoms with Gasteiger partial charge >= 0.3 is 18.0 Å². The molecule has 0 spiro atoms. The summed E-state index contributed by atoms with van der Waals surface area (Å²) in [5.74, 6) is -1.23. The molecule has 1 aliphatic heterocycles. The maximum absolute atomic E-state index is 12.9. The van der Waals surface area contributed by atoms with Gasteiger partial charge in [0, 0.05) is 36.4 Å². The Hall–Kier alpha value is -5.53. The normalized spacial score (nSPS) is 18.5. The van der Waals surface area contributed by atoms with Crippen molar-refractivity contribution in [2.24, 2.45) is 5.92 Å². The monoisotopic (exact) mass is 761 g/mol. The number of carbonyl (C=O) groups is 3. The van der Waals surface area contributed by atoms with Crippen LogP contribution in [0.25, 0.3) is 11.1 Å². The third-order valence-electron chi connectivity index (χ3n) is 9.46. The van der Waals surface area contributed by atoms with Crippen LogP contribution in [0.2, 0.25) is 0 Å². The molecule has 0 bridgehead atoms. The molecule has 0 saturated carbocycles. The van der Waals surface area contributed by atoms with Crippen molar-refractivity contribution in [2.45, 2.75) is 56.1 Å². The van der Waals surface area contributed by atoms with E-state index in [0.29, 0.717) is 17.2 Å². The van der Waals surface area contributed by atoms with Gasteiger partial charge in [0.2, 0.25) is 0 Å². The van der Waals surface area contributed by atoms with E-state index in [1.807, 2.05) is 103 Å². The summed E-state index contributed by atoms with van der Waals surface area (Å²) in [5.41, 5.74) is 6.26. The number of thioether (sulfide) groups is 1. The van der Waals surface area contributed by atoms with Gasteiger partial charge in [0.25, 0.3) is 0 Å². The number of hydrogen-bond donors (Lipinski definition) is 4. The van der Waals surface area contributed by atoms with E-state index >= 15 is 0 Å². The largest absolute Gasteiger partial charge is 0.478 e. The van der Waals surface area contributed by atoms with Crippen molar-refractivity contribution in [2.75, 3.05) is 12.9 Å². The van der Waals surface area contributed by atoms with Crippen LogP contribution in [0.1, 0.15) is 57.5 Å². The van der Waals surface area contributed by atoms with Crippen molar-refractivity contribution >= 4 is 29.7 Å². The molecule has 1 aromatic heterocycles. The number of esters is 1. The molecule has 5 unspecified atom stereocenters. The molecule has 1 aliphatic rings. The van der Waals surface area contributed by atoms with Crippen LogP contribution in [-0.4, -0.2) is 58.2 Å². The lowest BCUT2D eigenvalue weighted by Crippen LogP contribution is -2.47. The molecule has 11 nitrogen and oxygen atoms in total. The zero-order chi connectivity index (χ0) is 38.7. The number of nitrogens with one attached hydrogen (secondary N) is 2. The first kappa shape index (κ1) is 39.2. The Kier molecular flexibility index (Phi) is 13.3. The second kappa shape index (κ2) is 18.7. The van der Waals surface area contributed by atoms with E-state index in [2.05, 4.69) is 22.5 Å². The number of hydrogen-bond acceptors (Lipinski definition) is 9. The van der Waals surface area contributed by atoms with Crippen LogP contribution in [-0.2, 0) is 38.6 Å². The molecule has 2 amide bonds. The number of ether oxygens (including phenoxy) is 3. The Labute approximate surface area is 324 Å². The van der Waals surface area contributed by atoms with Crippen molar-refractivity contribution < 1.29 is 38.8 Å². The van der Waals surface area contributed by atoms with Gasteiger partial charge in [-0.15, -0.1) is 11.8 Å². The molecule has 6 rings (SSSR count). The maximum atomic E-state index is 12.9. The Morgan fingerprint density at radius 1 is 0.836 bits per heavy atom. The standard InChI is InChI=1S/C43H43N3O8S/c1-27-37(26-55-39-35(40(48)49)15-8-20-44-39)53-42(54-38(27)31-18-16-29(25-47)17-19-31)34-14-7-13-33(23-34)32-12-6-11-30(21-32)24-45-43(51)46-36(41(50)52-2)22-28-9-4-3-5-10-28/h3-21,23,27,36-38,42,47H,22,24-26H2,1-2H3,(H,48,49)(H2,45,46,51). The molecular weight excluding hydrogens is 719 g/mol. The fourth-order valence-electron chi connectivity index (χ4n) is 6.44. The number of benzene rings is 4. The van der Waals surface area contributed by atoms with Crippen LogP contribution < -0.4 is 10.6 Å². The van der Waals surface area contributed by atoms with Gasteiger partial charge in [-0.1, -0.05) is 97.9 Å². The van der Waals surface area contributed by atoms with Crippen LogP contribution in [0.4, 0.5) is 4.79 Å². The van der Waals surface area contributed by atoms with Crippen molar-refractivity contribution in [3.63, 3.8) is 0 Å². The first-order chi connectivity index (χ1) is 26.7. The quantitative estimate of drug-likeness (QED) is 0.0680. The minimum Gasteiger partial charge on any atom is -0.478 e. The van der Waals surface area contributed by atoms with Gasteiger partial charge in [-0.05, 0) is 57.6 Å². The lowest BCUT2D eigenvalue weighted by Gasteiger charge is -2.41. The summed E-state index contributed by atoms with van der Waals surface area (Å²) in [6.07, 6.45) is 0.461. The molecule has 284 valence electrons. The minimum atomic E-state index is -1.04. The highest BCUT2D eigenvalue weighted by atomic mass is 32.2. The maximum Gasteiger partial charge on any atom is 0.338 e. The summed E-state index contributed by atoms with van der Waals surface area (Å²) in [5, 5.41) is 25.3. The summed E-state index contributed by atoms with van der Waals surface area (Å²) >= 11 is 1.34. The van der Waals surface area contributed by atoms with Gasteiger partial charge in [0.1, 0.15) is 11.1 Å². The molecule has 2 heterocycles. The van der Waals surface area contributed by atoms with E-state index in [0.717, 1.165) is 38.9 Å². The highest BCUT2D eigenvalue weighted by molar-refractivity contribution is 7.99. The fourth-order valence-corrected chi connectivity index (χ4v) is 7.59. The van der Waals surface area contributed by atoms with Crippen LogP contribution in [0, 0.1) is 5.92 Å². The Morgan fingerprint density at radius 3 is 2.29 bits per heavy atom. The predicted octanol–water partition coefficient (Wildman–Crippen LogP) is 7.11. The molecule has 0 radical (unpaired) electrons. The van der Waals surface area contributed by atoms with E-state index in [-0.39, 0.29) is 36.8 Å². The van der Waals surface area contributed by atoms with Gasteiger partial charge in [0.15, 0.2) is 6.29 Å². The third-order valence-corrected chi connectivity index (χ3v) is 10.5. The molecule has 1 saturated heterocycles. The van der Waals surface area contributed by atoms with E-state index in [1.165, 1.54) is 18.9 Å². The second-order valence-corrected chi connectivity index (χ2v) is 14.2. The third kappa shape index (κ3) is 10.2. The predicted molar refractivity (Wildman–Crippen MR) is 208 cm³/mol. The number of rotatable bonds is 14. The molecule has 4 aromatic carbocycles. The number of carbonyl (C=O) groups excluding carboxylic acids is 2. The Bertz CT molecular complexity index is 2080. The average molecular weight is 762 g/mol. The molecule has 4 N–H and O–H groups in total. The van der Waals surface area contributed by atoms with Gasteiger partial charge < -0.3 is 35.1 Å². The highest BCUT2D eigenvalue weighted by Crippen LogP contribution is 2.43. The van der Waals surface area contributed by atoms with E-state index in [4.69, 9.17) is 14.2 Å². The number of methoxy groups -OCH3 is 1. The summed E-state index contributed by atoms with van der Waals surface area (Å²) in [6.45, 7) is 2.21. The van der Waals surface area contributed by atoms with Gasteiger partial charge in [0.05, 0.1) is 31.5 Å². The number of carboxylic acid groups (broad SMARTS) is 1. The van der Waals surface area contributed by atoms with Crippen LogP contribution >= 0.6 is 11.8 Å². The zero-order valence-electron chi connectivity index (χ0n) is 30.5. The summed E-state index contributed by atoms with van der Waals surface area (Å²) in [7, 11) is 1.29. The van der Waals surface area contributed by atoms with E-state index in [9.17, 15) is 24.6 Å². The van der Waals surface area contributed by atoms with Gasteiger partial charge in [-0.2, -0.15) is 0 Å². The van der Waals surface area contributed by atoms with Gasteiger partial charge in [-0.25, -0.2) is 19.4 Å². The van der Waals surface area contributed by atoms with Crippen molar-refractivity contribution in [3.8, 4) is 11.1 Å². The summed E-state index contributed by atoms with van der Waals surface area (Å²) < 4.78 is 18.2. The van der Waals surface area contributed by atoms with Crippen LogP contribution in [0.3, 0.4) is 0 Å². The number of amides is 2. The summed E-state index contributed by atoms with van der Waals surface area (Å²) in [4.78, 5) is 41.5. The molecule has 55 heavy (non-hydrogen) atoms. The fraction of sp³-hybridized carbons (Fsp3) is 0.256. The smallest absolute Gasteiger partial charge is 0.338 e. The van der Waals surface area contributed by atoms with Crippen molar-refractivity contribution in [3.05, 3.63) is 155 Å². The zero-order valence-corrected chi connectivity index (χ0v) is 31.3. The number of carboxylic acids is 1. The van der Waals surface area contributed by atoms with E-state index < -0.39 is 30.3 Å². The van der Waals surface area contributed by atoms with Gasteiger partial charge in [-0.3, -0.25) is 0 Å². The number of aliphatic hydroxyl groups excluding tert-OH is 1. The molecule has 12 heteroatoms. The number of aliphatic hydroxyl groups is 1. The second-order valence-electron chi connectivity index (χ2n) is 13.2. The highest BCUT2D eigenvalue weighted by Gasteiger charge is 2.38. The molecule has 0 aliphatic carbocycles. The van der Waals surface area contributed by atoms with E-state index in [1.54, 1.807) is 18.3 Å². The molecule has 5 atom stereocenters. The van der Waals surface area contributed by atoms with Crippen LogP contribution in [0.5, 0.6) is 0 Å². The average Bonchev–Trinajstić information content (AvgIpc) is 3.22. The van der Waals surface area contributed by atoms with Crippen molar-refractivity contribution in [1.82, 2.24) is 15.6 Å². The van der Waals surface area contributed by atoms with Crippen LogP contribution in [0.15, 0.2) is 126 Å². The Morgan fingerprint density at radius 2 is 1.56 bits per heavy atom. The lowest BCUT2D eigenvalue weighted by atomic mass is 9.91. The molecular formula is C43H43N3O8S. The first-order valence-electron chi connectivity index (χ1n) is 17.9.